The van der Waals surface area contributed by atoms with E-state index in [1.807, 2.05) is 0 Å². The number of carbonyl (C=O) groups excluding carboxylic acids is 2. The first-order valence-electron chi connectivity index (χ1n) is 4.41. The van der Waals surface area contributed by atoms with Crippen LogP contribution in [0.15, 0.2) is 0 Å². The highest BCUT2D eigenvalue weighted by molar-refractivity contribution is 5.96. The number of aliphatic hydroxyl groups excluding tert-OH is 3. The van der Waals surface area contributed by atoms with Crippen molar-refractivity contribution in [3.05, 3.63) is 0 Å². The van der Waals surface area contributed by atoms with Gasteiger partial charge in [-0.2, -0.15) is 0 Å². The van der Waals surface area contributed by atoms with Crippen molar-refractivity contribution in [2.45, 2.75) is 25.8 Å². The third kappa shape index (κ3) is 13.7. The molecule has 96 valence electrons. The van der Waals surface area contributed by atoms with Gasteiger partial charge in [-0.3, -0.25) is 9.59 Å². The lowest BCUT2D eigenvalue weighted by molar-refractivity contribution is -0.124. The first-order chi connectivity index (χ1) is 6.81. The molecule has 16 heavy (non-hydrogen) atoms. The minimum atomic E-state index is -1.21. The quantitative estimate of drug-likeness (QED) is 0.306. The van der Waals surface area contributed by atoms with Crippen molar-refractivity contribution in [3.8, 4) is 0 Å². The number of Topliss-reactive ketones (excluding diaryl/α,β-unsaturated/α-hetero) is 2. The number of carbonyl (C=O) groups is 2. The van der Waals surface area contributed by atoms with Crippen molar-refractivity contribution < 1.29 is 24.9 Å². The molecule has 0 atom stereocenters. The van der Waals surface area contributed by atoms with Crippen LogP contribution in [0.25, 0.3) is 0 Å². The van der Waals surface area contributed by atoms with Gasteiger partial charge in [0.15, 0.2) is 17.4 Å². The third-order valence-electron chi connectivity index (χ3n) is 1.44. The van der Waals surface area contributed by atoms with E-state index in [2.05, 4.69) is 0 Å². The molecule has 0 aliphatic heterocycles. The minimum Gasteiger partial charge on any atom is -0.394 e. The Morgan fingerprint density at radius 1 is 1.00 bits per heavy atom. The highest BCUT2D eigenvalue weighted by atomic mass is 27.0. The normalized spacial score (nSPS) is 9.62. The van der Waals surface area contributed by atoms with Crippen LogP contribution in [-0.4, -0.2) is 69.6 Å². The molecule has 0 spiro atoms. The second-order valence-corrected chi connectivity index (χ2v) is 3.42. The maximum Gasteiger partial charge on any atom is 0.187 e. The van der Waals surface area contributed by atoms with Crippen LogP contribution in [0, 0.1) is 0 Å². The predicted octanol–water partition coefficient (Wildman–Crippen LogP) is -2.97. The first kappa shape index (κ1) is 21.0. The lowest BCUT2D eigenvalue weighted by atomic mass is 10.1. The van der Waals surface area contributed by atoms with Crippen LogP contribution < -0.4 is 5.73 Å². The van der Waals surface area contributed by atoms with Crippen LogP contribution in [0.4, 0.5) is 0 Å². The maximum absolute atomic E-state index is 10.0. The molecule has 0 amide bonds. The Morgan fingerprint density at radius 3 is 1.25 bits per heavy atom. The third-order valence-corrected chi connectivity index (χ3v) is 1.44. The van der Waals surface area contributed by atoms with E-state index >= 15 is 0 Å². The summed E-state index contributed by atoms with van der Waals surface area (Å²) in [6.07, 6.45) is 0.0833. The summed E-state index contributed by atoms with van der Waals surface area (Å²) in [6.45, 7) is 1.60. The molecule has 0 aliphatic carbocycles. The van der Waals surface area contributed by atoms with Crippen molar-refractivity contribution >= 4 is 28.9 Å². The van der Waals surface area contributed by atoms with Crippen LogP contribution in [0.1, 0.15) is 20.3 Å². The van der Waals surface area contributed by atoms with Gasteiger partial charge in [-0.1, -0.05) is 0 Å². The van der Waals surface area contributed by atoms with E-state index in [4.69, 9.17) is 21.1 Å². The van der Waals surface area contributed by atoms with E-state index in [1.54, 1.807) is 0 Å². The van der Waals surface area contributed by atoms with E-state index in [0.29, 0.717) is 0 Å². The van der Waals surface area contributed by atoms with E-state index in [-0.39, 0.29) is 35.3 Å². The smallest absolute Gasteiger partial charge is 0.187 e. The second kappa shape index (κ2) is 11.2. The second-order valence-electron chi connectivity index (χ2n) is 3.42. The molecule has 0 saturated heterocycles. The topological polar surface area (TPSA) is 121 Å². The highest BCUT2D eigenvalue weighted by Gasteiger charge is 2.20. The number of hydrogen-bond acceptors (Lipinski definition) is 6. The largest absolute Gasteiger partial charge is 0.394 e. The summed E-state index contributed by atoms with van der Waals surface area (Å²) in [5.74, 6) is -0.125. The Kier molecular flexibility index (Phi) is 14.7. The Hall–Kier alpha value is -0.288. The summed E-state index contributed by atoms with van der Waals surface area (Å²) in [5.41, 5.74) is 3.94. The van der Waals surface area contributed by atoms with Gasteiger partial charge in [0.2, 0.25) is 0 Å². The lowest BCUT2D eigenvalue weighted by Crippen LogP contribution is -2.50. The summed E-state index contributed by atoms with van der Waals surface area (Å²) in [7, 11) is 0. The SMILES string of the molecule is CC(=O)CC(C)=O.NC(CO)(CO)CO.[AlH3]. The molecule has 5 N–H and O–H groups in total. The molecule has 0 saturated carbocycles. The molecule has 0 aromatic carbocycles. The number of rotatable bonds is 5. The average molecular weight is 251 g/mol. The zero-order valence-corrected chi connectivity index (χ0v) is 9.06. The summed E-state index contributed by atoms with van der Waals surface area (Å²) >= 11 is 0. The van der Waals surface area contributed by atoms with Gasteiger partial charge >= 0.3 is 0 Å². The minimum absolute atomic E-state index is 0. The molecular formula is C9H22AlNO5. The number of ketones is 2. The van der Waals surface area contributed by atoms with Gasteiger partial charge in [0.25, 0.3) is 0 Å². The van der Waals surface area contributed by atoms with Gasteiger partial charge in [0.1, 0.15) is 11.6 Å². The van der Waals surface area contributed by atoms with Crippen LogP contribution in [-0.2, 0) is 9.59 Å². The Morgan fingerprint density at radius 2 is 1.25 bits per heavy atom. The fourth-order valence-corrected chi connectivity index (χ4v) is 0.501. The molecule has 0 fully saturated rings. The van der Waals surface area contributed by atoms with E-state index in [1.165, 1.54) is 13.8 Å². The maximum atomic E-state index is 10.0. The monoisotopic (exact) mass is 251 g/mol. The standard InChI is InChI=1S/C5H8O2.C4H11NO3.Al.3H/c1-4(6)3-5(2)7;5-4(1-6,2-7)3-8;;;;/h3H2,1-2H3;6-8H,1-3,5H2;;;;. The average Bonchev–Trinajstić information content (AvgIpc) is 2.15. The van der Waals surface area contributed by atoms with Crippen LogP contribution >= 0.6 is 0 Å². The van der Waals surface area contributed by atoms with Crippen LogP contribution in [0.2, 0.25) is 0 Å². The molecule has 0 radical (unpaired) electrons. The molecule has 0 heterocycles. The summed E-state index contributed by atoms with van der Waals surface area (Å²) in [4.78, 5) is 20.1. The molecule has 0 rings (SSSR count). The van der Waals surface area contributed by atoms with Crippen LogP contribution in [0.3, 0.4) is 0 Å². The van der Waals surface area contributed by atoms with Gasteiger partial charge in [0.05, 0.1) is 31.8 Å². The van der Waals surface area contributed by atoms with Crippen molar-refractivity contribution in [3.63, 3.8) is 0 Å². The van der Waals surface area contributed by atoms with E-state index < -0.39 is 25.4 Å². The predicted molar refractivity (Wildman–Crippen MR) is 64.1 cm³/mol. The van der Waals surface area contributed by atoms with Crippen LogP contribution in [0.5, 0.6) is 0 Å². The summed E-state index contributed by atoms with van der Waals surface area (Å²) in [5, 5.41) is 25.0. The fraction of sp³-hybridized carbons (Fsp3) is 0.778. The van der Waals surface area contributed by atoms with Gasteiger partial charge in [-0.05, 0) is 13.8 Å². The van der Waals surface area contributed by atoms with Gasteiger partial charge in [-0.15, -0.1) is 0 Å². The molecule has 0 aromatic heterocycles. The molecule has 7 heteroatoms. The zero-order valence-electron chi connectivity index (χ0n) is 9.06. The van der Waals surface area contributed by atoms with Crippen molar-refractivity contribution in [2.24, 2.45) is 5.73 Å². The Labute approximate surface area is 106 Å². The Balaban J connectivity index is -0.000000200. The van der Waals surface area contributed by atoms with Crippen molar-refractivity contribution in [1.29, 1.82) is 0 Å². The molecular weight excluding hydrogens is 229 g/mol. The molecule has 0 aromatic rings. The van der Waals surface area contributed by atoms with Gasteiger partial charge < -0.3 is 21.1 Å². The van der Waals surface area contributed by atoms with Crippen molar-refractivity contribution in [1.82, 2.24) is 0 Å². The van der Waals surface area contributed by atoms with Gasteiger partial charge in [0, 0.05) is 0 Å². The molecule has 6 nitrogen and oxygen atoms in total. The zero-order chi connectivity index (χ0) is 12.5. The summed E-state index contributed by atoms with van der Waals surface area (Å²) < 4.78 is 0. The summed E-state index contributed by atoms with van der Waals surface area (Å²) in [6, 6.07) is 0. The molecule has 0 aliphatic rings. The molecule has 0 unspecified atom stereocenters. The molecule has 0 bridgehead atoms. The van der Waals surface area contributed by atoms with E-state index in [0.717, 1.165) is 0 Å². The van der Waals surface area contributed by atoms with Crippen molar-refractivity contribution in [2.75, 3.05) is 19.8 Å². The number of hydrogen-bond donors (Lipinski definition) is 4. The Bertz CT molecular complexity index is 186. The number of aliphatic hydroxyl groups is 3. The van der Waals surface area contributed by atoms with E-state index in [9.17, 15) is 9.59 Å². The fourth-order valence-electron chi connectivity index (χ4n) is 0.501. The van der Waals surface area contributed by atoms with Gasteiger partial charge in [-0.25, -0.2) is 0 Å². The highest BCUT2D eigenvalue weighted by Crippen LogP contribution is 1.93. The first-order valence-corrected chi connectivity index (χ1v) is 4.41. The lowest BCUT2D eigenvalue weighted by Gasteiger charge is -2.20. The number of nitrogens with two attached hydrogens (primary N) is 1.